The largest absolute Gasteiger partial charge is 0.339 e. The van der Waals surface area contributed by atoms with Crippen LogP contribution in [0.2, 0.25) is 0 Å². The molecule has 1 saturated heterocycles. The van der Waals surface area contributed by atoms with Crippen LogP contribution in [-0.2, 0) is 4.79 Å². The zero-order valence-electron chi connectivity index (χ0n) is 14.2. The molecule has 2 rings (SSSR count). The Morgan fingerprint density at radius 2 is 1.91 bits per heavy atom. The first kappa shape index (κ1) is 17.0. The fourth-order valence-corrected chi connectivity index (χ4v) is 2.91. The Morgan fingerprint density at radius 1 is 1.23 bits per heavy atom. The van der Waals surface area contributed by atoms with Crippen LogP contribution in [0.4, 0.5) is 0 Å². The number of aromatic nitrogens is 2. The van der Waals surface area contributed by atoms with Gasteiger partial charge in [0.1, 0.15) is 0 Å². The van der Waals surface area contributed by atoms with Crippen LogP contribution in [0.3, 0.4) is 0 Å². The predicted molar refractivity (Wildman–Crippen MR) is 87.7 cm³/mol. The maximum absolute atomic E-state index is 12.6. The summed E-state index contributed by atoms with van der Waals surface area (Å²) in [5.41, 5.74) is 0. The average Bonchev–Trinajstić information content (AvgIpc) is 3.07. The molecular formula is C16H29N5O. The Bertz CT molecular complexity index is 453. The van der Waals surface area contributed by atoms with E-state index in [9.17, 15) is 4.79 Å². The molecule has 124 valence electrons. The number of piperazine rings is 1. The molecule has 6 heteroatoms. The summed E-state index contributed by atoms with van der Waals surface area (Å²) in [7, 11) is 0. The highest BCUT2D eigenvalue weighted by Crippen LogP contribution is 2.11. The van der Waals surface area contributed by atoms with Crippen LogP contribution in [0.1, 0.15) is 33.7 Å². The Labute approximate surface area is 133 Å². The fourth-order valence-electron chi connectivity index (χ4n) is 2.91. The molecule has 1 aliphatic rings. The molecule has 0 bridgehead atoms. The Balaban J connectivity index is 1.83. The van der Waals surface area contributed by atoms with Crippen molar-refractivity contribution in [1.29, 1.82) is 0 Å². The average molecular weight is 307 g/mol. The lowest BCUT2D eigenvalue weighted by Gasteiger charge is -2.36. The molecular weight excluding hydrogens is 278 g/mol. The van der Waals surface area contributed by atoms with E-state index < -0.39 is 0 Å². The van der Waals surface area contributed by atoms with Crippen LogP contribution < -0.4 is 5.32 Å². The normalized spacial score (nSPS) is 20.6. The van der Waals surface area contributed by atoms with Crippen molar-refractivity contribution in [2.75, 3.05) is 32.7 Å². The first-order valence-corrected chi connectivity index (χ1v) is 8.29. The zero-order chi connectivity index (χ0) is 16.1. The highest BCUT2D eigenvalue weighted by atomic mass is 16.2. The van der Waals surface area contributed by atoms with Gasteiger partial charge in [0.25, 0.3) is 0 Å². The van der Waals surface area contributed by atoms with Gasteiger partial charge in [-0.1, -0.05) is 6.92 Å². The second kappa shape index (κ2) is 7.74. The molecule has 1 aromatic rings. The standard InChI is InChI=1S/C16H29N5O/c1-5-19-9-11-20(12-10-19)16(22)14(3)18-13(2)15(4)21-8-6-7-17-21/h6-8,13-15,18H,5,9-12H2,1-4H3/t13-,14-,15+/m0/s1. The van der Waals surface area contributed by atoms with E-state index in [1.807, 2.05) is 28.8 Å². The molecule has 1 amide bonds. The van der Waals surface area contributed by atoms with E-state index >= 15 is 0 Å². The Hall–Kier alpha value is -1.40. The van der Waals surface area contributed by atoms with Crippen molar-refractivity contribution >= 4 is 5.91 Å². The minimum atomic E-state index is -0.166. The van der Waals surface area contributed by atoms with E-state index in [4.69, 9.17) is 0 Å². The Kier molecular flexibility index (Phi) is 5.97. The lowest BCUT2D eigenvalue weighted by Crippen LogP contribution is -2.55. The third-order valence-corrected chi connectivity index (χ3v) is 4.68. The number of carbonyl (C=O) groups excluding carboxylic acids is 1. The number of nitrogens with zero attached hydrogens (tertiary/aromatic N) is 4. The molecule has 0 spiro atoms. The van der Waals surface area contributed by atoms with E-state index in [0.717, 1.165) is 32.7 Å². The number of amides is 1. The third-order valence-electron chi connectivity index (χ3n) is 4.68. The molecule has 22 heavy (non-hydrogen) atoms. The van der Waals surface area contributed by atoms with Gasteiger partial charge in [-0.3, -0.25) is 9.48 Å². The number of carbonyl (C=O) groups is 1. The minimum Gasteiger partial charge on any atom is -0.339 e. The van der Waals surface area contributed by atoms with Crippen LogP contribution in [-0.4, -0.2) is 70.3 Å². The summed E-state index contributed by atoms with van der Waals surface area (Å²) in [6.07, 6.45) is 3.74. The quantitative estimate of drug-likeness (QED) is 0.851. The molecule has 1 N–H and O–H groups in total. The van der Waals surface area contributed by atoms with E-state index in [0.29, 0.717) is 0 Å². The van der Waals surface area contributed by atoms with E-state index in [1.54, 1.807) is 6.20 Å². The highest BCUT2D eigenvalue weighted by molar-refractivity contribution is 5.81. The van der Waals surface area contributed by atoms with Gasteiger partial charge in [-0.15, -0.1) is 0 Å². The molecule has 2 heterocycles. The summed E-state index contributed by atoms with van der Waals surface area (Å²) < 4.78 is 1.93. The summed E-state index contributed by atoms with van der Waals surface area (Å²) in [6, 6.07) is 2.14. The van der Waals surface area contributed by atoms with Gasteiger partial charge in [0.05, 0.1) is 12.1 Å². The van der Waals surface area contributed by atoms with Crippen molar-refractivity contribution in [3.05, 3.63) is 18.5 Å². The van der Waals surface area contributed by atoms with Gasteiger partial charge in [-0.25, -0.2) is 0 Å². The zero-order valence-corrected chi connectivity index (χ0v) is 14.2. The lowest BCUT2D eigenvalue weighted by molar-refractivity contribution is -0.135. The molecule has 1 aliphatic heterocycles. The van der Waals surface area contributed by atoms with Crippen LogP contribution in [0.25, 0.3) is 0 Å². The van der Waals surface area contributed by atoms with Gasteiger partial charge in [-0.2, -0.15) is 5.10 Å². The summed E-state index contributed by atoms with van der Waals surface area (Å²) in [5, 5.41) is 7.70. The minimum absolute atomic E-state index is 0.166. The number of hydrogen-bond acceptors (Lipinski definition) is 4. The van der Waals surface area contributed by atoms with Crippen LogP contribution in [0.15, 0.2) is 18.5 Å². The summed E-state index contributed by atoms with van der Waals surface area (Å²) in [6.45, 7) is 13.0. The molecule has 0 radical (unpaired) electrons. The second-order valence-electron chi connectivity index (χ2n) is 6.16. The molecule has 1 aromatic heterocycles. The summed E-state index contributed by atoms with van der Waals surface area (Å²) in [4.78, 5) is 16.9. The molecule has 1 fully saturated rings. The van der Waals surface area contributed by atoms with Gasteiger partial charge in [0.2, 0.25) is 5.91 Å². The van der Waals surface area contributed by atoms with Gasteiger partial charge in [0, 0.05) is 44.6 Å². The summed E-state index contributed by atoms with van der Waals surface area (Å²) >= 11 is 0. The van der Waals surface area contributed by atoms with Gasteiger partial charge in [-0.05, 0) is 33.4 Å². The summed E-state index contributed by atoms with van der Waals surface area (Å²) in [5.74, 6) is 0.204. The smallest absolute Gasteiger partial charge is 0.239 e. The molecule has 0 unspecified atom stereocenters. The monoisotopic (exact) mass is 307 g/mol. The van der Waals surface area contributed by atoms with Gasteiger partial charge in [0.15, 0.2) is 0 Å². The third kappa shape index (κ3) is 4.08. The fraction of sp³-hybridized carbons (Fsp3) is 0.750. The topological polar surface area (TPSA) is 53.4 Å². The number of nitrogens with one attached hydrogen (secondary N) is 1. The SMILES string of the molecule is CCN1CCN(C(=O)[C@H](C)N[C@@H](C)[C@@H](C)n2cccn2)CC1. The van der Waals surface area contributed by atoms with Gasteiger partial charge >= 0.3 is 0 Å². The number of likely N-dealkylation sites (N-methyl/N-ethyl adjacent to an activating group) is 1. The number of hydrogen-bond donors (Lipinski definition) is 1. The van der Waals surface area contributed by atoms with Crippen LogP contribution in [0, 0.1) is 0 Å². The van der Waals surface area contributed by atoms with E-state index in [1.165, 1.54) is 0 Å². The van der Waals surface area contributed by atoms with Crippen molar-refractivity contribution in [3.8, 4) is 0 Å². The van der Waals surface area contributed by atoms with E-state index in [2.05, 4.69) is 36.1 Å². The molecule has 0 aliphatic carbocycles. The van der Waals surface area contributed by atoms with Gasteiger partial charge < -0.3 is 15.1 Å². The maximum Gasteiger partial charge on any atom is 0.239 e. The van der Waals surface area contributed by atoms with E-state index in [-0.39, 0.29) is 24.0 Å². The maximum atomic E-state index is 12.6. The number of rotatable bonds is 6. The first-order chi connectivity index (χ1) is 10.5. The van der Waals surface area contributed by atoms with Crippen molar-refractivity contribution in [3.63, 3.8) is 0 Å². The lowest BCUT2D eigenvalue weighted by atomic mass is 10.1. The van der Waals surface area contributed by atoms with Crippen molar-refractivity contribution in [2.24, 2.45) is 0 Å². The van der Waals surface area contributed by atoms with Crippen molar-refractivity contribution in [2.45, 2.75) is 45.8 Å². The predicted octanol–water partition coefficient (Wildman–Crippen LogP) is 0.975. The molecule has 0 saturated carbocycles. The molecule has 3 atom stereocenters. The highest BCUT2D eigenvalue weighted by Gasteiger charge is 2.26. The van der Waals surface area contributed by atoms with Crippen LogP contribution >= 0.6 is 0 Å². The first-order valence-electron chi connectivity index (χ1n) is 8.29. The molecule has 6 nitrogen and oxygen atoms in total. The second-order valence-corrected chi connectivity index (χ2v) is 6.16. The molecule has 0 aromatic carbocycles. The van der Waals surface area contributed by atoms with Crippen molar-refractivity contribution < 1.29 is 4.79 Å². The van der Waals surface area contributed by atoms with Crippen molar-refractivity contribution in [1.82, 2.24) is 24.9 Å². The Morgan fingerprint density at radius 3 is 2.45 bits per heavy atom. The van der Waals surface area contributed by atoms with Crippen LogP contribution in [0.5, 0.6) is 0 Å².